The zero-order chi connectivity index (χ0) is 24.6. The van der Waals surface area contributed by atoms with E-state index in [1.54, 1.807) is 19.1 Å². The fourth-order valence-electron chi connectivity index (χ4n) is 3.67. The van der Waals surface area contributed by atoms with Crippen LogP contribution in [-0.4, -0.2) is 32.6 Å². The molecule has 1 N–H and O–H groups in total. The van der Waals surface area contributed by atoms with Gasteiger partial charge in [-0.05, 0) is 36.2 Å². The van der Waals surface area contributed by atoms with Crippen LogP contribution in [0.2, 0.25) is 0 Å². The fourth-order valence-corrected chi connectivity index (χ4v) is 3.67. The number of hydrogen-bond acceptors (Lipinski definition) is 6. The number of aryl methyl sites for hydroxylation is 1. The first kappa shape index (κ1) is 23.0. The van der Waals surface area contributed by atoms with Crippen LogP contribution in [0.15, 0.2) is 58.5 Å². The summed E-state index contributed by atoms with van der Waals surface area (Å²) in [5.41, 5.74) is -1.06. The molecule has 0 aliphatic carbocycles. The number of phenols is 1. The maximum Gasteiger partial charge on any atom is 0.419 e. The van der Waals surface area contributed by atoms with Gasteiger partial charge in [0.1, 0.15) is 12.0 Å². The Bertz CT molecular complexity index is 1430. The molecule has 1 amide bonds. The summed E-state index contributed by atoms with van der Waals surface area (Å²) in [6.07, 6.45) is -0.809. The van der Waals surface area contributed by atoms with Gasteiger partial charge >= 0.3 is 6.18 Å². The van der Waals surface area contributed by atoms with E-state index in [0.29, 0.717) is 17.3 Å². The maximum absolute atomic E-state index is 13.4. The predicted molar refractivity (Wildman–Crippen MR) is 117 cm³/mol. The van der Waals surface area contributed by atoms with Crippen LogP contribution in [0.1, 0.15) is 34.1 Å². The second kappa shape index (κ2) is 8.65. The van der Waals surface area contributed by atoms with Crippen LogP contribution in [-0.2, 0) is 19.1 Å². The number of phenolic OH excluding ortho intramolecular Hbond substituents is 1. The van der Waals surface area contributed by atoms with Gasteiger partial charge in [0.05, 0.1) is 40.7 Å². The molecule has 2 aromatic carbocycles. The monoisotopic (exact) mass is 472 g/mol. The number of nitrogens with zero attached hydrogens (tertiary/aromatic N) is 4. The molecule has 2 aromatic heterocycles. The van der Waals surface area contributed by atoms with Crippen molar-refractivity contribution < 1.29 is 27.5 Å². The number of amides is 1. The van der Waals surface area contributed by atoms with Gasteiger partial charge in [-0.15, -0.1) is 0 Å². The number of halogens is 3. The number of anilines is 1. The second-order valence-corrected chi connectivity index (χ2v) is 7.58. The van der Waals surface area contributed by atoms with Crippen LogP contribution in [0.25, 0.3) is 10.9 Å². The zero-order valence-electron chi connectivity index (χ0n) is 18.1. The number of carbonyl (C=O) groups excluding carboxylic acids is 1. The van der Waals surface area contributed by atoms with E-state index >= 15 is 0 Å². The lowest BCUT2D eigenvalue weighted by atomic mass is 10.0. The van der Waals surface area contributed by atoms with E-state index in [1.807, 2.05) is 0 Å². The van der Waals surface area contributed by atoms with E-state index in [0.717, 1.165) is 4.90 Å². The van der Waals surface area contributed by atoms with Crippen molar-refractivity contribution in [3.05, 3.63) is 82.1 Å². The highest BCUT2D eigenvalue weighted by Crippen LogP contribution is 2.39. The van der Waals surface area contributed by atoms with E-state index < -0.39 is 29.0 Å². The number of aromatic nitrogens is 3. The first-order valence-electron chi connectivity index (χ1n) is 10.2. The van der Waals surface area contributed by atoms with Crippen LogP contribution >= 0.6 is 0 Å². The molecule has 0 aliphatic heterocycles. The van der Waals surface area contributed by atoms with Crippen LogP contribution in [0, 0.1) is 0 Å². The van der Waals surface area contributed by atoms with Gasteiger partial charge in [-0.3, -0.25) is 14.2 Å². The normalized spacial score (nSPS) is 11.7. The van der Waals surface area contributed by atoms with Crippen LogP contribution < -0.4 is 10.5 Å². The molecule has 0 fully saturated rings. The summed E-state index contributed by atoms with van der Waals surface area (Å²) in [6.45, 7) is 1.65. The third kappa shape index (κ3) is 4.12. The van der Waals surface area contributed by atoms with Gasteiger partial charge in [-0.2, -0.15) is 13.2 Å². The minimum Gasteiger partial charge on any atom is -0.507 e. The Hall–Kier alpha value is -4.15. The summed E-state index contributed by atoms with van der Waals surface area (Å²) < 4.78 is 46.5. The number of hydrogen-bond donors (Lipinski definition) is 1. The molecule has 8 nitrogen and oxygen atoms in total. The van der Waals surface area contributed by atoms with E-state index in [2.05, 4.69) is 9.97 Å². The molecular formula is C23H19F3N4O4. The van der Waals surface area contributed by atoms with Crippen molar-refractivity contribution in [3.8, 4) is 5.75 Å². The number of benzene rings is 2. The van der Waals surface area contributed by atoms with Crippen molar-refractivity contribution in [1.29, 1.82) is 0 Å². The number of oxazole rings is 1. The first-order chi connectivity index (χ1) is 16.1. The summed E-state index contributed by atoms with van der Waals surface area (Å²) in [5.74, 6) is -1.68. The molecule has 0 unspecified atom stereocenters. The Labute approximate surface area is 190 Å². The Kier molecular flexibility index (Phi) is 5.86. The standard InChI is InChI=1S/C23H19F3N4O4/c1-3-13-7-14(8-16(20(13)31)23(24,25)26)21(32)29(2)18-6-4-5-17-19(18)22(33)30(11-27-17)9-15-10-34-12-28-15/h4-8,10-12,31H,3,9H2,1-2H3. The van der Waals surface area contributed by atoms with Crippen molar-refractivity contribution in [2.75, 3.05) is 11.9 Å². The molecule has 11 heteroatoms. The third-order valence-electron chi connectivity index (χ3n) is 5.44. The van der Waals surface area contributed by atoms with Crippen molar-refractivity contribution in [3.63, 3.8) is 0 Å². The van der Waals surface area contributed by atoms with Crippen molar-refractivity contribution in [2.45, 2.75) is 26.1 Å². The number of fused-ring (bicyclic) bond motifs is 1. The highest BCUT2D eigenvalue weighted by Gasteiger charge is 2.36. The number of rotatable bonds is 5. The quantitative estimate of drug-likeness (QED) is 0.471. The Morgan fingerprint density at radius 2 is 2.00 bits per heavy atom. The molecule has 0 bridgehead atoms. The molecular weight excluding hydrogens is 453 g/mol. The van der Waals surface area contributed by atoms with Gasteiger partial charge in [0.15, 0.2) is 6.39 Å². The summed E-state index contributed by atoms with van der Waals surface area (Å²) in [4.78, 5) is 35.8. The van der Waals surface area contributed by atoms with Gasteiger partial charge in [0.25, 0.3) is 11.5 Å². The lowest BCUT2D eigenvalue weighted by Crippen LogP contribution is -2.29. The molecule has 0 saturated heterocycles. The van der Waals surface area contributed by atoms with Crippen LogP contribution in [0.5, 0.6) is 5.75 Å². The molecule has 0 saturated carbocycles. The third-order valence-corrected chi connectivity index (χ3v) is 5.44. The SMILES string of the molecule is CCc1cc(C(=O)N(C)c2cccc3ncn(Cc4cocn4)c(=O)c23)cc(C(F)(F)F)c1O. The van der Waals surface area contributed by atoms with E-state index in [4.69, 9.17) is 4.42 Å². The van der Waals surface area contributed by atoms with E-state index in [9.17, 15) is 27.9 Å². The van der Waals surface area contributed by atoms with Gasteiger partial charge in [-0.25, -0.2) is 9.97 Å². The van der Waals surface area contributed by atoms with Crippen LogP contribution in [0.4, 0.5) is 18.9 Å². The average Bonchev–Trinajstić information content (AvgIpc) is 3.32. The van der Waals surface area contributed by atoms with Crippen molar-refractivity contribution >= 4 is 22.5 Å². The number of aromatic hydroxyl groups is 1. The average molecular weight is 472 g/mol. The van der Waals surface area contributed by atoms with Crippen molar-refractivity contribution in [2.24, 2.45) is 0 Å². The Morgan fingerprint density at radius 1 is 1.24 bits per heavy atom. The molecule has 0 atom stereocenters. The lowest BCUT2D eigenvalue weighted by molar-refractivity contribution is -0.138. The van der Waals surface area contributed by atoms with E-state index in [-0.39, 0.29) is 35.2 Å². The molecule has 176 valence electrons. The van der Waals surface area contributed by atoms with Crippen molar-refractivity contribution in [1.82, 2.24) is 14.5 Å². The number of alkyl halides is 3. The van der Waals surface area contributed by atoms with Crippen LogP contribution in [0.3, 0.4) is 0 Å². The maximum atomic E-state index is 13.4. The summed E-state index contributed by atoms with van der Waals surface area (Å²) in [6, 6.07) is 6.52. The molecule has 4 rings (SSSR count). The smallest absolute Gasteiger partial charge is 0.419 e. The first-order valence-corrected chi connectivity index (χ1v) is 10.2. The number of carbonyl (C=O) groups is 1. The summed E-state index contributed by atoms with van der Waals surface area (Å²) in [7, 11) is 1.36. The lowest BCUT2D eigenvalue weighted by Gasteiger charge is -2.21. The van der Waals surface area contributed by atoms with E-state index in [1.165, 1.54) is 42.7 Å². The van der Waals surface area contributed by atoms with Gasteiger partial charge in [0, 0.05) is 12.6 Å². The zero-order valence-corrected chi connectivity index (χ0v) is 18.1. The summed E-state index contributed by atoms with van der Waals surface area (Å²) >= 11 is 0. The van der Waals surface area contributed by atoms with Gasteiger partial charge in [0.2, 0.25) is 0 Å². The minimum absolute atomic E-state index is 0.0128. The highest BCUT2D eigenvalue weighted by molar-refractivity contribution is 6.10. The molecule has 4 aromatic rings. The minimum atomic E-state index is -4.85. The fraction of sp³-hybridized carbons (Fsp3) is 0.217. The van der Waals surface area contributed by atoms with Gasteiger partial charge < -0.3 is 14.4 Å². The topological polar surface area (TPSA) is 101 Å². The Balaban J connectivity index is 1.81. The largest absolute Gasteiger partial charge is 0.507 e. The highest BCUT2D eigenvalue weighted by atomic mass is 19.4. The van der Waals surface area contributed by atoms with Gasteiger partial charge in [-0.1, -0.05) is 13.0 Å². The molecule has 2 heterocycles. The molecule has 0 aliphatic rings. The predicted octanol–water partition coefficient (Wildman–Crippen LogP) is 4.00. The Morgan fingerprint density at radius 3 is 2.65 bits per heavy atom. The molecule has 0 spiro atoms. The molecule has 0 radical (unpaired) electrons. The molecule has 34 heavy (non-hydrogen) atoms. The summed E-state index contributed by atoms with van der Waals surface area (Å²) in [5, 5.41) is 10.1. The second-order valence-electron chi connectivity index (χ2n) is 7.58.